The summed E-state index contributed by atoms with van der Waals surface area (Å²) < 4.78 is 0. The standard InChI is InChI=1S/C31H36/c1-21-22(2)24(4)30(5,23(21)3)31(17-15-25-11-7-6-8-12-25)18-16-28-19-26-13-9-10-14-27(26)20-29(28)31/h6-8,11-12,16,18-20H,9-10,13-15,17H2,1-5H3. The molecule has 0 aliphatic heterocycles. The van der Waals surface area contributed by atoms with Gasteiger partial charge < -0.3 is 0 Å². The van der Waals surface area contributed by atoms with E-state index in [4.69, 9.17) is 0 Å². The van der Waals surface area contributed by atoms with E-state index in [1.165, 1.54) is 48.0 Å². The summed E-state index contributed by atoms with van der Waals surface area (Å²) in [5, 5.41) is 0. The van der Waals surface area contributed by atoms with Crippen LogP contribution in [0.15, 0.2) is 70.8 Å². The van der Waals surface area contributed by atoms with Gasteiger partial charge in [0, 0.05) is 10.8 Å². The van der Waals surface area contributed by atoms with Crippen molar-refractivity contribution in [2.45, 2.75) is 78.6 Å². The molecule has 2 aromatic carbocycles. The van der Waals surface area contributed by atoms with Gasteiger partial charge in [0.05, 0.1) is 0 Å². The summed E-state index contributed by atoms with van der Waals surface area (Å²) in [5.74, 6) is 0. The van der Waals surface area contributed by atoms with Crippen LogP contribution in [0, 0.1) is 5.41 Å². The van der Waals surface area contributed by atoms with E-state index in [0.29, 0.717) is 0 Å². The van der Waals surface area contributed by atoms with E-state index < -0.39 is 0 Å². The van der Waals surface area contributed by atoms with Gasteiger partial charge in [0.25, 0.3) is 0 Å². The number of allylic oxidation sites excluding steroid dienone is 5. The fraction of sp³-hybridized carbons (Fsp3) is 0.419. The van der Waals surface area contributed by atoms with Crippen molar-refractivity contribution in [2.24, 2.45) is 5.41 Å². The predicted octanol–water partition coefficient (Wildman–Crippen LogP) is 8.16. The van der Waals surface area contributed by atoms with Crippen molar-refractivity contribution < 1.29 is 0 Å². The quantitative estimate of drug-likeness (QED) is 0.479. The average Bonchev–Trinajstić information content (AvgIpc) is 3.24. The Morgan fingerprint density at radius 2 is 1.42 bits per heavy atom. The molecule has 0 spiro atoms. The Kier molecular flexibility index (Phi) is 4.88. The van der Waals surface area contributed by atoms with Crippen LogP contribution in [0.4, 0.5) is 0 Å². The lowest BCUT2D eigenvalue weighted by molar-refractivity contribution is 0.273. The number of hydrogen-bond acceptors (Lipinski definition) is 0. The van der Waals surface area contributed by atoms with Gasteiger partial charge in [0.2, 0.25) is 0 Å². The molecule has 160 valence electrons. The van der Waals surface area contributed by atoms with E-state index in [2.05, 4.69) is 89.2 Å². The minimum atomic E-state index is 0.0117. The van der Waals surface area contributed by atoms with Crippen molar-refractivity contribution in [2.75, 3.05) is 0 Å². The second kappa shape index (κ2) is 7.37. The Bertz CT molecular complexity index is 1100. The van der Waals surface area contributed by atoms with Crippen molar-refractivity contribution in [1.82, 2.24) is 0 Å². The maximum absolute atomic E-state index is 2.61. The first kappa shape index (κ1) is 20.6. The molecule has 3 aliphatic rings. The van der Waals surface area contributed by atoms with Gasteiger partial charge in [-0.15, -0.1) is 0 Å². The van der Waals surface area contributed by atoms with Crippen LogP contribution in [-0.2, 0) is 24.7 Å². The van der Waals surface area contributed by atoms with Crippen molar-refractivity contribution in [3.05, 3.63) is 98.7 Å². The first-order valence-corrected chi connectivity index (χ1v) is 12.1. The van der Waals surface area contributed by atoms with E-state index in [1.54, 1.807) is 27.8 Å². The average molecular weight is 409 g/mol. The third kappa shape index (κ3) is 2.87. The van der Waals surface area contributed by atoms with Gasteiger partial charge in [-0.25, -0.2) is 0 Å². The predicted molar refractivity (Wildman–Crippen MR) is 133 cm³/mol. The molecule has 0 heteroatoms. The highest BCUT2D eigenvalue weighted by atomic mass is 14.6. The normalized spacial score (nSPS) is 24.0. The van der Waals surface area contributed by atoms with Crippen LogP contribution in [-0.4, -0.2) is 0 Å². The van der Waals surface area contributed by atoms with Gasteiger partial charge in [-0.2, -0.15) is 0 Å². The summed E-state index contributed by atoms with van der Waals surface area (Å²) in [6, 6.07) is 16.2. The summed E-state index contributed by atoms with van der Waals surface area (Å²) in [5.41, 5.74) is 13.9. The van der Waals surface area contributed by atoms with Gasteiger partial charge in [0.1, 0.15) is 0 Å². The van der Waals surface area contributed by atoms with Crippen LogP contribution in [0.25, 0.3) is 6.08 Å². The van der Waals surface area contributed by atoms with E-state index in [9.17, 15) is 0 Å². The Balaban J connectivity index is 1.69. The minimum absolute atomic E-state index is 0.0117. The van der Waals surface area contributed by atoms with Gasteiger partial charge in [0.15, 0.2) is 0 Å². The molecule has 0 nitrogen and oxygen atoms in total. The smallest absolute Gasteiger partial charge is 0.0273 e. The monoisotopic (exact) mass is 408 g/mol. The molecule has 2 aromatic rings. The Morgan fingerprint density at radius 1 is 0.806 bits per heavy atom. The second-order valence-electron chi connectivity index (χ2n) is 10.3. The molecule has 5 rings (SSSR count). The fourth-order valence-corrected chi connectivity index (χ4v) is 6.80. The summed E-state index contributed by atoms with van der Waals surface area (Å²) in [6.07, 6.45) is 12.5. The lowest BCUT2D eigenvalue weighted by Gasteiger charge is -2.48. The first-order chi connectivity index (χ1) is 14.9. The highest BCUT2D eigenvalue weighted by Crippen LogP contribution is 2.62. The van der Waals surface area contributed by atoms with Crippen molar-refractivity contribution in [3.8, 4) is 0 Å². The molecular weight excluding hydrogens is 372 g/mol. The molecule has 0 saturated carbocycles. The summed E-state index contributed by atoms with van der Waals surface area (Å²) in [6.45, 7) is 12.0. The van der Waals surface area contributed by atoms with Crippen molar-refractivity contribution >= 4 is 6.08 Å². The van der Waals surface area contributed by atoms with Gasteiger partial charge in [-0.1, -0.05) is 72.7 Å². The van der Waals surface area contributed by atoms with Crippen molar-refractivity contribution in [3.63, 3.8) is 0 Å². The lowest BCUT2D eigenvalue weighted by atomic mass is 9.55. The summed E-state index contributed by atoms with van der Waals surface area (Å²) in [7, 11) is 0. The van der Waals surface area contributed by atoms with Crippen LogP contribution < -0.4 is 0 Å². The third-order valence-electron chi connectivity index (χ3n) is 9.27. The topological polar surface area (TPSA) is 0 Å². The van der Waals surface area contributed by atoms with Crippen LogP contribution in [0.1, 0.15) is 81.7 Å². The van der Waals surface area contributed by atoms with Gasteiger partial charge in [-0.3, -0.25) is 0 Å². The van der Waals surface area contributed by atoms with E-state index >= 15 is 0 Å². The number of fused-ring (bicyclic) bond motifs is 2. The molecule has 0 bridgehead atoms. The molecule has 31 heavy (non-hydrogen) atoms. The maximum atomic E-state index is 2.61. The molecule has 0 heterocycles. The summed E-state index contributed by atoms with van der Waals surface area (Å²) >= 11 is 0. The molecule has 0 radical (unpaired) electrons. The highest BCUT2D eigenvalue weighted by molar-refractivity contribution is 5.71. The molecule has 1 atom stereocenters. The minimum Gasteiger partial charge on any atom is -0.0721 e. The maximum Gasteiger partial charge on any atom is 0.0273 e. The highest BCUT2D eigenvalue weighted by Gasteiger charge is 2.54. The summed E-state index contributed by atoms with van der Waals surface area (Å²) in [4.78, 5) is 0. The first-order valence-electron chi connectivity index (χ1n) is 12.1. The molecule has 0 amide bonds. The molecule has 0 aromatic heterocycles. The van der Waals surface area contributed by atoms with Crippen LogP contribution in [0.2, 0.25) is 0 Å². The number of benzene rings is 2. The zero-order valence-electron chi connectivity index (χ0n) is 19.9. The second-order valence-corrected chi connectivity index (χ2v) is 10.3. The van der Waals surface area contributed by atoms with Gasteiger partial charge >= 0.3 is 0 Å². The molecule has 1 unspecified atom stereocenters. The molecule has 0 N–H and O–H groups in total. The number of rotatable bonds is 4. The SMILES string of the molecule is CC1=C(C)C(C)(C2(CCc3ccccc3)C=Cc3cc4c(cc32)CCCC4)C(C)=C1C. The van der Waals surface area contributed by atoms with E-state index in [-0.39, 0.29) is 10.8 Å². The Morgan fingerprint density at radius 3 is 2.06 bits per heavy atom. The number of aryl methyl sites for hydroxylation is 3. The van der Waals surface area contributed by atoms with Crippen LogP contribution in [0.3, 0.4) is 0 Å². The molecule has 3 aliphatic carbocycles. The molecular formula is C31H36. The van der Waals surface area contributed by atoms with Crippen molar-refractivity contribution in [1.29, 1.82) is 0 Å². The zero-order chi connectivity index (χ0) is 21.8. The largest absolute Gasteiger partial charge is 0.0721 e. The Labute approximate surface area is 188 Å². The lowest BCUT2D eigenvalue weighted by Crippen LogP contribution is -2.43. The number of hydrogen-bond donors (Lipinski definition) is 0. The van der Waals surface area contributed by atoms with E-state index in [0.717, 1.165) is 12.8 Å². The van der Waals surface area contributed by atoms with E-state index in [1.807, 2.05) is 0 Å². The third-order valence-corrected chi connectivity index (χ3v) is 9.27. The molecule has 0 fully saturated rings. The zero-order valence-corrected chi connectivity index (χ0v) is 19.9. The van der Waals surface area contributed by atoms with Crippen LogP contribution >= 0.6 is 0 Å². The fourth-order valence-electron chi connectivity index (χ4n) is 6.80. The molecule has 0 saturated heterocycles. The van der Waals surface area contributed by atoms with Crippen LogP contribution in [0.5, 0.6) is 0 Å². The van der Waals surface area contributed by atoms with Gasteiger partial charge in [-0.05, 0) is 105 Å². The Hall–Kier alpha value is -2.34.